The minimum Gasteiger partial charge on any atom is -0.491 e. The lowest BCUT2D eigenvalue weighted by Gasteiger charge is -2.28. The molecule has 0 spiro atoms. The molecule has 12 nitrogen and oxygen atoms in total. The van der Waals surface area contributed by atoms with Crippen molar-refractivity contribution in [2.45, 2.75) is 57.7 Å². The van der Waals surface area contributed by atoms with Crippen molar-refractivity contribution in [1.82, 2.24) is 10.3 Å². The molecule has 1 unspecified atom stereocenters. The van der Waals surface area contributed by atoms with Crippen molar-refractivity contribution in [2.24, 2.45) is 32.7 Å². The van der Waals surface area contributed by atoms with Gasteiger partial charge in [0.05, 0.1) is 16.6 Å². The fourth-order valence-corrected chi connectivity index (χ4v) is 4.48. The van der Waals surface area contributed by atoms with Gasteiger partial charge in [-0.1, -0.05) is 29.0 Å². The highest BCUT2D eigenvalue weighted by Crippen LogP contribution is 2.43. The normalized spacial score (nSPS) is 17.1. The predicted molar refractivity (Wildman–Crippen MR) is 149 cm³/mol. The third-order valence-corrected chi connectivity index (χ3v) is 6.14. The Hall–Kier alpha value is -3.82. The molecule has 1 saturated heterocycles. The lowest BCUT2D eigenvalue weighted by molar-refractivity contribution is -0.137. The Bertz CT molecular complexity index is 1270. The number of rotatable bonds is 8. The molecule has 2 aromatic carbocycles. The highest BCUT2D eigenvalue weighted by molar-refractivity contribution is 6.34. The number of halogens is 4. The Morgan fingerprint density at radius 2 is 1.90 bits per heavy atom. The molecule has 1 aliphatic rings. The molecule has 0 saturated carbocycles. The van der Waals surface area contributed by atoms with Crippen LogP contribution in [0.4, 0.5) is 23.7 Å². The van der Waals surface area contributed by atoms with Crippen LogP contribution in [0.25, 0.3) is 11.1 Å². The second-order valence-corrected chi connectivity index (χ2v) is 10.5. The van der Waals surface area contributed by atoms with Crippen LogP contribution in [-0.4, -0.2) is 48.0 Å². The summed E-state index contributed by atoms with van der Waals surface area (Å²) in [5.74, 6) is 10.3. The number of nitrogens with two attached hydrogens (primary N) is 3. The van der Waals surface area contributed by atoms with E-state index >= 15 is 0 Å². The number of likely N-dealkylation sites (tertiary alicyclic amines) is 1. The third kappa shape index (κ3) is 8.83. The van der Waals surface area contributed by atoms with Crippen LogP contribution in [0.2, 0.25) is 5.02 Å². The van der Waals surface area contributed by atoms with Crippen LogP contribution < -0.4 is 32.9 Å². The van der Waals surface area contributed by atoms with E-state index in [1.165, 1.54) is 18.2 Å². The number of nitrogens with one attached hydrogen (secondary N) is 2. The van der Waals surface area contributed by atoms with Gasteiger partial charge in [-0.3, -0.25) is 5.84 Å². The maximum Gasteiger partial charge on any atom is 0.417 e. The number of carbonyl (C=O) groups is 1. The van der Waals surface area contributed by atoms with E-state index in [1.807, 2.05) is 0 Å². The number of hydrogen-bond donors (Lipinski definition) is 5. The van der Waals surface area contributed by atoms with Crippen LogP contribution in [0.3, 0.4) is 0 Å². The molecule has 3 rings (SSSR count). The zero-order chi connectivity index (χ0) is 30.4. The second kappa shape index (κ2) is 13.2. The lowest BCUT2D eigenvalue weighted by atomic mass is 9.98. The molecular formula is C25H33ClF3N9O3. The third-order valence-electron chi connectivity index (χ3n) is 5.85. The molecule has 1 aliphatic heterocycles. The summed E-state index contributed by atoms with van der Waals surface area (Å²) in [4.78, 5) is 17.9. The molecule has 0 aliphatic carbocycles. The molecule has 41 heavy (non-hydrogen) atoms. The largest absolute Gasteiger partial charge is 0.491 e. The zero-order valence-electron chi connectivity index (χ0n) is 22.7. The molecule has 0 bridgehead atoms. The number of hydrazine groups is 1. The number of ether oxygens (including phenoxy) is 2. The van der Waals surface area contributed by atoms with Crippen molar-refractivity contribution >= 4 is 29.3 Å². The summed E-state index contributed by atoms with van der Waals surface area (Å²) in [7, 11) is 0. The molecule has 16 heteroatoms. The molecule has 8 N–H and O–H groups in total. The van der Waals surface area contributed by atoms with E-state index in [0.29, 0.717) is 12.3 Å². The van der Waals surface area contributed by atoms with Gasteiger partial charge in [0.25, 0.3) is 0 Å². The summed E-state index contributed by atoms with van der Waals surface area (Å²) in [5, 5.41) is 8.80. The molecule has 0 aromatic heterocycles. The van der Waals surface area contributed by atoms with E-state index in [4.69, 9.17) is 38.5 Å². The van der Waals surface area contributed by atoms with Crippen molar-refractivity contribution < 1.29 is 27.4 Å². The monoisotopic (exact) mass is 599 g/mol. The van der Waals surface area contributed by atoms with Gasteiger partial charge in [-0.15, -0.1) is 5.11 Å². The van der Waals surface area contributed by atoms with Gasteiger partial charge in [-0.25, -0.2) is 15.2 Å². The first kappa shape index (κ1) is 31.7. The maximum atomic E-state index is 14.1. The van der Waals surface area contributed by atoms with Gasteiger partial charge >= 0.3 is 12.3 Å². The van der Waals surface area contributed by atoms with Crippen molar-refractivity contribution in [3.05, 3.63) is 47.0 Å². The minimum atomic E-state index is -4.75. The number of carbonyl (C=O) groups excluding carboxylic acids is 1. The van der Waals surface area contributed by atoms with Gasteiger partial charge in [0.1, 0.15) is 18.0 Å². The zero-order valence-corrected chi connectivity index (χ0v) is 23.5. The molecule has 0 radical (unpaired) electrons. The van der Waals surface area contributed by atoms with Gasteiger partial charge in [0.15, 0.2) is 5.96 Å². The van der Waals surface area contributed by atoms with E-state index in [2.05, 4.69) is 26.1 Å². The summed E-state index contributed by atoms with van der Waals surface area (Å²) < 4.78 is 53.6. The lowest BCUT2D eigenvalue weighted by Crippen LogP contribution is -2.42. The Labute approximate surface area is 240 Å². The average molecular weight is 600 g/mol. The first-order valence-corrected chi connectivity index (χ1v) is 12.9. The van der Waals surface area contributed by atoms with E-state index in [9.17, 15) is 18.0 Å². The van der Waals surface area contributed by atoms with Crippen molar-refractivity contribution in [3.63, 3.8) is 0 Å². The van der Waals surface area contributed by atoms with Crippen LogP contribution in [-0.2, 0) is 10.9 Å². The van der Waals surface area contributed by atoms with Crippen LogP contribution in [0.1, 0.15) is 39.2 Å². The highest BCUT2D eigenvalue weighted by atomic mass is 35.5. The molecule has 1 fully saturated rings. The summed E-state index contributed by atoms with van der Waals surface area (Å²) >= 11 is 6.34. The van der Waals surface area contributed by atoms with E-state index < -0.39 is 29.7 Å². The number of alkyl halides is 3. The Morgan fingerprint density at radius 3 is 2.49 bits per heavy atom. The van der Waals surface area contributed by atoms with Crippen LogP contribution in [0.15, 0.2) is 51.7 Å². The number of nitrogens with zero attached hydrogens (tertiary/aromatic N) is 4. The predicted octanol–water partition coefficient (Wildman–Crippen LogP) is 4.60. The van der Waals surface area contributed by atoms with Crippen LogP contribution in [0, 0.1) is 0 Å². The molecule has 1 amide bonds. The maximum absolute atomic E-state index is 14.1. The minimum absolute atomic E-state index is 0.0705. The van der Waals surface area contributed by atoms with Crippen molar-refractivity contribution in [3.8, 4) is 16.9 Å². The van der Waals surface area contributed by atoms with Crippen LogP contribution >= 0.6 is 11.6 Å². The first-order chi connectivity index (χ1) is 19.2. The summed E-state index contributed by atoms with van der Waals surface area (Å²) in [5.41, 5.74) is 6.21. The fraction of sp³-hybridized carbons (Fsp3) is 0.440. The summed E-state index contributed by atoms with van der Waals surface area (Å²) in [6.07, 6.45) is -4.75. The molecular weight excluding hydrogens is 567 g/mol. The Balaban J connectivity index is 1.78. The summed E-state index contributed by atoms with van der Waals surface area (Å²) in [6, 6.07) is 7.99. The molecule has 2 aromatic rings. The van der Waals surface area contributed by atoms with Crippen molar-refractivity contribution in [1.29, 1.82) is 0 Å². The Kier molecular flexibility index (Phi) is 10.2. The molecule has 1 heterocycles. The second-order valence-electron chi connectivity index (χ2n) is 10.1. The standard InChI is InChI=1S/C25H33ClF3N9O3/c1-24(2,3)41-23(39)38-10-4-5-16(38)13-40-17-8-6-14(7-9-17)20-18(25(27,28)29)11-15(12-19(20)26)33-21(30)34-22(35-31)36-37-32/h6-9,11-12,16,22,35H,4-5,10,13,31H2,1-3H3,(H2,32,36)(H3,30,33,34)/t16-,22?/m1/s1. The fourth-order valence-electron chi connectivity index (χ4n) is 4.15. The SMILES string of the molecule is CC(C)(C)OC(=O)N1CCC[C@@H]1COc1ccc(-c2c(Cl)cc(NC(N)=NC(N=NN)NN)cc2C(F)(F)F)cc1. The number of anilines is 1. The Morgan fingerprint density at radius 1 is 1.22 bits per heavy atom. The van der Waals surface area contributed by atoms with Crippen LogP contribution in [0.5, 0.6) is 5.75 Å². The number of aliphatic imine (C=N–C) groups is 1. The van der Waals surface area contributed by atoms with E-state index in [1.54, 1.807) is 37.8 Å². The van der Waals surface area contributed by atoms with Gasteiger partial charge in [-0.2, -0.15) is 13.2 Å². The smallest absolute Gasteiger partial charge is 0.417 e. The first-order valence-electron chi connectivity index (χ1n) is 12.5. The molecule has 2 atom stereocenters. The van der Waals surface area contributed by atoms with Gasteiger partial charge in [0, 0.05) is 17.8 Å². The highest BCUT2D eigenvalue weighted by Gasteiger charge is 2.36. The van der Waals surface area contributed by atoms with Gasteiger partial charge in [-0.05, 0) is 63.4 Å². The number of benzene rings is 2. The number of hydrogen-bond acceptors (Lipinski definition) is 8. The van der Waals surface area contributed by atoms with Gasteiger partial charge in [0.2, 0.25) is 6.29 Å². The van der Waals surface area contributed by atoms with Crippen molar-refractivity contribution in [2.75, 3.05) is 18.5 Å². The van der Waals surface area contributed by atoms with Gasteiger partial charge < -0.3 is 31.3 Å². The quantitative estimate of drug-likeness (QED) is 0.0960. The topological polar surface area (TPSA) is 178 Å². The number of amides is 1. The van der Waals surface area contributed by atoms with E-state index in [-0.39, 0.29) is 40.4 Å². The number of guanidine groups is 1. The van der Waals surface area contributed by atoms with E-state index in [0.717, 1.165) is 18.9 Å². The summed E-state index contributed by atoms with van der Waals surface area (Å²) in [6.45, 7) is 6.17. The average Bonchev–Trinajstić information content (AvgIpc) is 3.35. The molecule has 224 valence electrons.